The van der Waals surface area contributed by atoms with Gasteiger partial charge in [0, 0.05) is 17.2 Å². The zero-order valence-electron chi connectivity index (χ0n) is 21.6. The third kappa shape index (κ3) is 5.07. The van der Waals surface area contributed by atoms with Gasteiger partial charge in [0.15, 0.2) is 0 Å². The van der Waals surface area contributed by atoms with Crippen LogP contribution >= 0.6 is 0 Å². The minimum atomic E-state index is -0.701. The standard InChI is InChI=1S/C26H28BN5O5/c1-25(2)26(3,4)37-27(36-25)20-12-17(34-5)13-21(35-6)19(20)15-29-32-24-30-22(16-10-8-7-9-11-16)18(14-28)23(33)31-24/h7-13,15H,1-6H3,(H2,30,31,32,33). The normalized spacial score (nSPS) is 16.0. The van der Waals surface area contributed by atoms with Gasteiger partial charge in [0.1, 0.15) is 23.1 Å². The molecule has 190 valence electrons. The molecule has 1 aromatic heterocycles. The van der Waals surface area contributed by atoms with E-state index in [4.69, 9.17) is 18.8 Å². The highest BCUT2D eigenvalue weighted by Crippen LogP contribution is 2.37. The van der Waals surface area contributed by atoms with Gasteiger partial charge in [-0.15, -0.1) is 0 Å². The first-order valence-corrected chi connectivity index (χ1v) is 11.6. The second kappa shape index (κ2) is 10.1. The number of aromatic amines is 1. The maximum absolute atomic E-state index is 12.5. The summed E-state index contributed by atoms with van der Waals surface area (Å²) in [5.74, 6) is 1.13. The highest BCUT2D eigenvalue weighted by molar-refractivity contribution is 6.63. The SMILES string of the molecule is COc1cc(OC)c(C=NNc2nc(-c3ccccc3)c(C#N)c(=O)[nH]2)c(B2OC(C)(C)C(C)(C)O2)c1. The molecule has 0 aliphatic carbocycles. The number of aromatic nitrogens is 2. The lowest BCUT2D eigenvalue weighted by molar-refractivity contribution is 0.00578. The minimum absolute atomic E-state index is 0.0729. The fourth-order valence-electron chi connectivity index (χ4n) is 3.80. The molecule has 4 rings (SSSR count). The summed E-state index contributed by atoms with van der Waals surface area (Å²) in [6.07, 6.45) is 1.53. The molecule has 2 aromatic carbocycles. The van der Waals surface area contributed by atoms with Gasteiger partial charge in [0.25, 0.3) is 5.56 Å². The molecule has 37 heavy (non-hydrogen) atoms. The van der Waals surface area contributed by atoms with Gasteiger partial charge in [-0.1, -0.05) is 30.3 Å². The fraction of sp³-hybridized carbons (Fsp3) is 0.308. The molecule has 10 nitrogen and oxygen atoms in total. The smallest absolute Gasteiger partial charge is 0.495 e. The van der Waals surface area contributed by atoms with Crippen LogP contribution in [0.15, 0.2) is 52.4 Å². The van der Waals surface area contributed by atoms with Crippen molar-refractivity contribution < 1.29 is 18.8 Å². The zero-order chi connectivity index (χ0) is 26.8. The number of methoxy groups -OCH3 is 2. The molecule has 0 atom stereocenters. The van der Waals surface area contributed by atoms with Crippen molar-refractivity contribution in [1.82, 2.24) is 9.97 Å². The van der Waals surface area contributed by atoms with Crippen LogP contribution in [0.2, 0.25) is 0 Å². The second-order valence-electron chi connectivity index (χ2n) is 9.41. The molecule has 11 heteroatoms. The Morgan fingerprint density at radius 2 is 1.78 bits per heavy atom. The lowest BCUT2D eigenvalue weighted by atomic mass is 9.75. The number of hydrogen-bond acceptors (Lipinski definition) is 9. The van der Waals surface area contributed by atoms with Crippen molar-refractivity contribution in [3.63, 3.8) is 0 Å². The molecular weight excluding hydrogens is 473 g/mol. The number of nitrogens with one attached hydrogen (secondary N) is 2. The largest absolute Gasteiger partial charge is 0.497 e. The van der Waals surface area contributed by atoms with Crippen LogP contribution < -0.4 is 25.9 Å². The van der Waals surface area contributed by atoms with Gasteiger partial charge in [-0.2, -0.15) is 10.4 Å². The predicted octanol–water partition coefficient (Wildman–Crippen LogP) is 3.07. The summed E-state index contributed by atoms with van der Waals surface area (Å²) >= 11 is 0. The van der Waals surface area contributed by atoms with Gasteiger partial charge in [-0.3, -0.25) is 9.78 Å². The Morgan fingerprint density at radius 1 is 1.11 bits per heavy atom. The Bertz CT molecular complexity index is 1410. The molecule has 2 N–H and O–H groups in total. The van der Waals surface area contributed by atoms with Crippen molar-refractivity contribution in [3.8, 4) is 28.8 Å². The van der Waals surface area contributed by atoms with E-state index >= 15 is 0 Å². The molecule has 0 spiro atoms. The summed E-state index contributed by atoms with van der Waals surface area (Å²) in [5, 5.41) is 13.8. The maximum Gasteiger partial charge on any atom is 0.495 e. The Balaban J connectivity index is 1.71. The topological polar surface area (TPSA) is 131 Å². The summed E-state index contributed by atoms with van der Waals surface area (Å²) in [6, 6.07) is 14.4. The van der Waals surface area contributed by atoms with Crippen LogP contribution in [0, 0.1) is 11.3 Å². The Morgan fingerprint density at radius 3 is 2.38 bits per heavy atom. The fourth-order valence-corrected chi connectivity index (χ4v) is 3.80. The van der Waals surface area contributed by atoms with E-state index in [2.05, 4.69) is 20.5 Å². The molecule has 0 radical (unpaired) electrons. The van der Waals surface area contributed by atoms with Crippen LogP contribution in [0.4, 0.5) is 5.95 Å². The minimum Gasteiger partial charge on any atom is -0.497 e. The molecule has 0 unspecified atom stereocenters. The Labute approximate surface area is 215 Å². The Kier molecular flexibility index (Phi) is 7.07. The molecule has 1 aliphatic rings. The maximum atomic E-state index is 12.5. The van der Waals surface area contributed by atoms with Crippen molar-refractivity contribution >= 4 is 24.7 Å². The third-order valence-corrected chi connectivity index (χ3v) is 6.55. The van der Waals surface area contributed by atoms with Crippen LogP contribution in [-0.2, 0) is 9.31 Å². The van der Waals surface area contributed by atoms with Gasteiger partial charge in [-0.25, -0.2) is 10.4 Å². The van der Waals surface area contributed by atoms with Crippen molar-refractivity contribution in [2.24, 2.45) is 5.10 Å². The first kappa shape index (κ1) is 25.9. The molecule has 1 fully saturated rings. The summed E-state index contributed by atoms with van der Waals surface area (Å²) < 4.78 is 23.6. The van der Waals surface area contributed by atoms with Crippen LogP contribution in [0.25, 0.3) is 11.3 Å². The number of H-pyrrole nitrogens is 1. The summed E-state index contributed by atoms with van der Waals surface area (Å²) in [7, 11) is 2.40. The van der Waals surface area contributed by atoms with E-state index in [0.29, 0.717) is 28.1 Å². The number of ether oxygens (including phenoxy) is 2. The molecular formula is C26H28BN5O5. The van der Waals surface area contributed by atoms with Crippen LogP contribution in [0.5, 0.6) is 11.5 Å². The number of hydrogen-bond donors (Lipinski definition) is 2. The van der Waals surface area contributed by atoms with E-state index in [1.807, 2.05) is 39.8 Å². The van der Waals surface area contributed by atoms with E-state index in [1.165, 1.54) is 6.21 Å². The third-order valence-electron chi connectivity index (χ3n) is 6.55. The van der Waals surface area contributed by atoms with Crippen LogP contribution in [0.3, 0.4) is 0 Å². The summed E-state index contributed by atoms with van der Waals surface area (Å²) in [4.78, 5) is 19.5. The lowest BCUT2D eigenvalue weighted by Crippen LogP contribution is -2.41. The van der Waals surface area contributed by atoms with Gasteiger partial charge < -0.3 is 18.8 Å². The number of hydrazone groups is 1. The summed E-state index contributed by atoms with van der Waals surface area (Å²) in [6.45, 7) is 7.88. The lowest BCUT2D eigenvalue weighted by Gasteiger charge is -2.32. The highest BCUT2D eigenvalue weighted by atomic mass is 16.7. The molecule has 1 aliphatic heterocycles. The van der Waals surface area contributed by atoms with Gasteiger partial charge in [-0.05, 0) is 39.2 Å². The van der Waals surface area contributed by atoms with E-state index in [-0.39, 0.29) is 17.2 Å². The second-order valence-corrected chi connectivity index (χ2v) is 9.41. The van der Waals surface area contributed by atoms with E-state index in [1.54, 1.807) is 50.6 Å². The van der Waals surface area contributed by atoms with Crippen molar-refractivity contribution in [2.45, 2.75) is 38.9 Å². The molecule has 2 heterocycles. The molecule has 0 amide bonds. The molecule has 0 saturated carbocycles. The molecule has 0 bridgehead atoms. The van der Waals surface area contributed by atoms with Crippen molar-refractivity contribution in [3.05, 3.63) is 63.9 Å². The number of rotatable bonds is 7. The van der Waals surface area contributed by atoms with E-state index in [0.717, 1.165) is 0 Å². The first-order valence-electron chi connectivity index (χ1n) is 11.6. The van der Waals surface area contributed by atoms with Crippen molar-refractivity contribution in [2.75, 3.05) is 19.6 Å². The van der Waals surface area contributed by atoms with Crippen LogP contribution in [-0.4, -0.2) is 48.7 Å². The van der Waals surface area contributed by atoms with Crippen molar-refractivity contribution in [1.29, 1.82) is 5.26 Å². The number of benzene rings is 2. The average Bonchev–Trinajstić information content (AvgIpc) is 3.10. The van der Waals surface area contributed by atoms with Gasteiger partial charge in [0.2, 0.25) is 5.95 Å². The quantitative estimate of drug-likeness (QED) is 0.287. The zero-order valence-corrected chi connectivity index (χ0v) is 21.6. The number of nitriles is 1. The predicted molar refractivity (Wildman–Crippen MR) is 141 cm³/mol. The highest BCUT2D eigenvalue weighted by Gasteiger charge is 2.52. The average molecular weight is 501 g/mol. The van der Waals surface area contributed by atoms with Gasteiger partial charge in [0.05, 0.1) is 37.3 Å². The monoisotopic (exact) mass is 501 g/mol. The van der Waals surface area contributed by atoms with Crippen LogP contribution in [0.1, 0.15) is 38.8 Å². The number of anilines is 1. The molecule has 3 aromatic rings. The van der Waals surface area contributed by atoms with E-state index < -0.39 is 23.9 Å². The van der Waals surface area contributed by atoms with Gasteiger partial charge >= 0.3 is 7.12 Å². The molecule has 1 saturated heterocycles. The Hall–Kier alpha value is -4.14. The van der Waals surface area contributed by atoms with E-state index in [9.17, 15) is 10.1 Å². The first-order chi connectivity index (χ1) is 17.6. The number of nitrogens with zero attached hydrogens (tertiary/aromatic N) is 3. The summed E-state index contributed by atoms with van der Waals surface area (Å²) in [5.41, 5.74) is 3.12.